The van der Waals surface area contributed by atoms with Gasteiger partial charge in [-0.15, -0.1) is 45.3 Å². The van der Waals surface area contributed by atoms with Crippen molar-refractivity contribution in [2.75, 3.05) is 0 Å². The lowest BCUT2D eigenvalue weighted by molar-refractivity contribution is 0.398. The zero-order chi connectivity index (χ0) is 40.3. The second kappa shape index (κ2) is 19.5. The van der Waals surface area contributed by atoms with Crippen LogP contribution in [-0.4, -0.2) is 8.75 Å². The first kappa shape index (κ1) is 43.4. The van der Waals surface area contributed by atoms with Crippen molar-refractivity contribution in [2.45, 2.75) is 173 Å². The Hall–Kier alpha value is -1.20. The van der Waals surface area contributed by atoms with Gasteiger partial charge >= 0.3 is 0 Å². The summed E-state index contributed by atoms with van der Waals surface area (Å²) in [6.07, 6.45) is 27.8. The first-order valence-corrected chi connectivity index (χ1v) is 28.1. The molecule has 58 heavy (non-hydrogen) atoms. The van der Waals surface area contributed by atoms with E-state index < -0.39 is 0 Å². The maximum atomic E-state index is 5.05. The second-order valence-electron chi connectivity index (χ2n) is 17.4. The van der Waals surface area contributed by atoms with Gasteiger partial charge in [0.2, 0.25) is 0 Å². The molecule has 8 rings (SSSR count). The van der Waals surface area contributed by atoms with Gasteiger partial charge in [0.15, 0.2) is 0 Å². The van der Waals surface area contributed by atoms with Gasteiger partial charge in [-0.1, -0.05) is 155 Å². The van der Waals surface area contributed by atoms with Gasteiger partial charge in [0.05, 0.1) is 19.3 Å². The van der Waals surface area contributed by atoms with E-state index >= 15 is 0 Å². The van der Waals surface area contributed by atoms with Crippen molar-refractivity contribution in [3.8, 4) is 40.4 Å². The molecule has 0 saturated heterocycles. The second-order valence-corrected chi connectivity index (χ2v) is 24.9. The number of halogens is 2. The SMILES string of the molecule is CCCCCCCCC1(C)c2cc(Br)sc2-c2sc(-c3ccc(-c4cc5c(s4)-c4sc(Br)cc4C5(CCCCCCCC)CCCCCCCC)c4nsnc34)cc21. The van der Waals surface area contributed by atoms with Gasteiger partial charge in [-0.25, -0.2) is 0 Å². The molecule has 0 radical (unpaired) electrons. The Labute approximate surface area is 385 Å². The number of fused-ring (bicyclic) bond motifs is 7. The summed E-state index contributed by atoms with van der Waals surface area (Å²) in [5.41, 5.74) is 11.0. The molecule has 2 aliphatic carbocycles. The lowest BCUT2D eigenvalue weighted by atomic mass is 9.71. The molecule has 1 atom stereocenters. The lowest BCUT2D eigenvalue weighted by Crippen LogP contribution is -2.25. The van der Waals surface area contributed by atoms with Crippen molar-refractivity contribution >= 4 is 100.0 Å². The van der Waals surface area contributed by atoms with Gasteiger partial charge in [0.1, 0.15) is 11.0 Å². The highest BCUT2D eigenvalue weighted by atomic mass is 79.9. The molecule has 0 bridgehead atoms. The molecule has 6 aromatic rings. The van der Waals surface area contributed by atoms with Crippen LogP contribution in [0.5, 0.6) is 0 Å². The van der Waals surface area contributed by atoms with Crippen molar-refractivity contribution in [1.29, 1.82) is 0 Å². The fourth-order valence-corrected chi connectivity index (χ4v) is 17.1. The van der Waals surface area contributed by atoms with E-state index in [2.05, 4.69) is 96.0 Å². The number of aromatic nitrogens is 2. The zero-order valence-electron chi connectivity index (χ0n) is 35.0. The standard InChI is InChI=1S/C49H60Br2N2S5/c1-5-8-11-14-17-20-25-48(4)34-28-38(54-44(34)45-35(48)30-40(50)56-45)32-23-24-33(43-42(32)52-58-53-43)39-29-36-46(55-39)47-37(31-41(51)57-47)49(36,26-21-18-15-12-9-6-2)27-22-19-16-13-10-7-3/h23-24,28-31H,5-22,25-27H2,1-4H3. The maximum absolute atomic E-state index is 5.05. The molecule has 1 aromatic carbocycles. The highest BCUT2D eigenvalue weighted by molar-refractivity contribution is 9.11. The van der Waals surface area contributed by atoms with E-state index in [0.717, 1.165) is 11.0 Å². The van der Waals surface area contributed by atoms with Crippen LogP contribution in [0, 0.1) is 0 Å². The van der Waals surface area contributed by atoms with Gasteiger partial charge in [0.25, 0.3) is 0 Å². The monoisotopic (exact) mass is 994 g/mol. The molecule has 0 N–H and O–H groups in total. The van der Waals surface area contributed by atoms with Crippen LogP contribution in [0.1, 0.15) is 185 Å². The normalized spacial score (nSPS) is 16.4. The first-order valence-electron chi connectivity index (χ1n) is 22.5. The van der Waals surface area contributed by atoms with Crippen molar-refractivity contribution < 1.29 is 0 Å². The summed E-state index contributed by atoms with van der Waals surface area (Å²) in [5.74, 6) is 0. The molecule has 1 unspecified atom stereocenters. The predicted molar refractivity (Wildman–Crippen MR) is 267 cm³/mol. The van der Waals surface area contributed by atoms with Crippen LogP contribution < -0.4 is 0 Å². The summed E-state index contributed by atoms with van der Waals surface area (Å²) in [6.45, 7) is 9.46. The van der Waals surface area contributed by atoms with E-state index in [-0.39, 0.29) is 10.8 Å². The van der Waals surface area contributed by atoms with Crippen LogP contribution in [0.4, 0.5) is 0 Å². The first-order chi connectivity index (χ1) is 28.3. The molecule has 5 heterocycles. The summed E-state index contributed by atoms with van der Waals surface area (Å²) in [7, 11) is 0. The van der Waals surface area contributed by atoms with Crippen molar-refractivity contribution in [1.82, 2.24) is 8.75 Å². The Morgan fingerprint density at radius 1 is 0.466 bits per heavy atom. The average molecular weight is 997 g/mol. The van der Waals surface area contributed by atoms with Crippen LogP contribution >= 0.6 is 88.9 Å². The van der Waals surface area contributed by atoms with Crippen molar-refractivity contribution in [3.05, 3.63) is 66.2 Å². The van der Waals surface area contributed by atoms with E-state index in [1.165, 1.54) is 206 Å². The number of hydrogen-bond acceptors (Lipinski definition) is 7. The van der Waals surface area contributed by atoms with Crippen molar-refractivity contribution in [2.24, 2.45) is 0 Å². The minimum absolute atomic E-state index is 0.0523. The third kappa shape index (κ3) is 8.48. The Balaban J connectivity index is 1.11. The minimum Gasteiger partial charge on any atom is -0.172 e. The third-order valence-electron chi connectivity index (χ3n) is 13.4. The molecule has 310 valence electrons. The number of hydrogen-bond donors (Lipinski definition) is 0. The quantitative estimate of drug-likeness (QED) is 0.0598. The van der Waals surface area contributed by atoms with Crippen molar-refractivity contribution in [3.63, 3.8) is 0 Å². The molecular formula is C49H60Br2N2S5. The highest BCUT2D eigenvalue weighted by Gasteiger charge is 2.46. The molecule has 2 nitrogen and oxygen atoms in total. The molecule has 0 saturated carbocycles. The highest BCUT2D eigenvalue weighted by Crippen LogP contribution is 2.62. The van der Waals surface area contributed by atoms with Crippen LogP contribution in [0.15, 0.2) is 44.0 Å². The van der Waals surface area contributed by atoms with Gasteiger partial charge in [0, 0.05) is 51.2 Å². The van der Waals surface area contributed by atoms with E-state index in [1.807, 2.05) is 45.3 Å². The number of rotatable bonds is 23. The Bertz CT molecular complexity index is 2290. The summed E-state index contributed by atoms with van der Waals surface area (Å²) >= 11 is 17.0. The smallest absolute Gasteiger partial charge is 0.114 e. The Kier molecular flexibility index (Phi) is 14.6. The maximum Gasteiger partial charge on any atom is 0.114 e. The van der Waals surface area contributed by atoms with Gasteiger partial charge in [-0.3, -0.25) is 0 Å². The summed E-state index contributed by atoms with van der Waals surface area (Å²) in [6, 6.07) is 14.8. The number of unbranched alkanes of at least 4 members (excludes halogenated alkanes) is 15. The summed E-state index contributed by atoms with van der Waals surface area (Å²) in [4.78, 5) is 8.64. The number of nitrogens with zero attached hydrogens (tertiary/aromatic N) is 2. The number of benzene rings is 1. The topological polar surface area (TPSA) is 25.8 Å². The molecule has 0 spiro atoms. The van der Waals surface area contributed by atoms with E-state index in [0.29, 0.717) is 0 Å². The molecular weight excluding hydrogens is 937 g/mol. The molecule has 9 heteroatoms. The fourth-order valence-electron chi connectivity index (χ4n) is 10.1. The number of thiophene rings is 4. The summed E-state index contributed by atoms with van der Waals surface area (Å²) < 4.78 is 12.6. The Morgan fingerprint density at radius 2 is 0.845 bits per heavy atom. The van der Waals surface area contributed by atoms with E-state index in [1.54, 1.807) is 11.1 Å². The third-order valence-corrected chi connectivity index (χ3v) is 19.9. The summed E-state index contributed by atoms with van der Waals surface area (Å²) in [5, 5.41) is 0. The van der Waals surface area contributed by atoms with Crippen LogP contribution in [0.2, 0.25) is 0 Å². The van der Waals surface area contributed by atoms with E-state index in [9.17, 15) is 0 Å². The van der Waals surface area contributed by atoms with Gasteiger partial charge < -0.3 is 0 Å². The molecule has 0 amide bonds. The van der Waals surface area contributed by atoms with Crippen LogP contribution in [-0.2, 0) is 10.8 Å². The molecule has 5 aromatic heterocycles. The predicted octanol–water partition coefficient (Wildman–Crippen LogP) is 19.6. The Morgan fingerprint density at radius 3 is 1.38 bits per heavy atom. The van der Waals surface area contributed by atoms with Crippen LogP contribution in [0.3, 0.4) is 0 Å². The average Bonchev–Trinajstić information content (AvgIpc) is 4.08. The molecule has 2 aliphatic rings. The minimum atomic E-state index is 0.0523. The lowest BCUT2D eigenvalue weighted by Gasteiger charge is -2.31. The fraction of sp³-hybridized carbons (Fsp3) is 0.551. The van der Waals surface area contributed by atoms with E-state index in [4.69, 9.17) is 8.75 Å². The largest absolute Gasteiger partial charge is 0.172 e. The van der Waals surface area contributed by atoms with Crippen LogP contribution in [0.25, 0.3) is 51.4 Å². The zero-order valence-corrected chi connectivity index (χ0v) is 42.3. The molecule has 0 fully saturated rings. The van der Waals surface area contributed by atoms with Gasteiger partial charge in [-0.05, 0) is 97.6 Å². The van der Waals surface area contributed by atoms with Gasteiger partial charge in [-0.2, -0.15) is 8.75 Å². The molecule has 0 aliphatic heterocycles.